The zero-order valence-electron chi connectivity index (χ0n) is 15.8. The Balaban J connectivity index is 0.00000182. The van der Waals surface area contributed by atoms with Crippen molar-refractivity contribution in [2.24, 2.45) is 23.2 Å². The van der Waals surface area contributed by atoms with E-state index in [1.165, 1.54) is 11.1 Å². The fourth-order valence-electron chi connectivity index (χ4n) is 6.51. The maximum Gasteiger partial charge on any atom is 0.118 e. The first-order valence-corrected chi connectivity index (χ1v) is 9.49. The number of hydrogen-bond acceptors (Lipinski definition) is 2. The molecule has 0 aliphatic heterocycles. The summed E-state index contributed by atoms with van der Waals surface area (Å²) in [6, 6.07) is 4.23. The van der Waals surface area contributed by atoms with Gasteiger partial charge in [0.1, 0.15) is 5.75 Å². The van der Waals surface area contributed by atoms with Crippen molar-refractivity contribution >= 4 is 0 Å². The molecule has 6 atom stereocenters. The molecule has 0 heterocycles. The van der Waals surface area contributed by atoms with Crippen molar-refractivity contribution in [2.45, 2.75) is 64.4 Å². The Morgan fingerprint density at radius 1 is 1.24 bits per heavy atom. The van der Waals surface area contributed by atoms with Crippen LogP contribution in [-0.4, -0.2) is 15.8 Å². The summed E-state index contributed by atoms with van der Waals surface area (Å²) in [5.74, 6) is 2.81. The van der Waals surface area contributed by atoms with Crippen LogP contribution in [0.2, 0.25) is 0 Å². The van der Waals surface area contributed by atoms with Crippen molar-refractivity contribution < 1.29 is 54.3 Å². The van der Waals surface area contributed by atoms with Crippen molar-refractivity contribution in [3.8, 4) is 5.75 Å². The second-order valence-electron chi connectivity index (χ2n) is 8.93. The van der Waals surface area contributed by atoms with Crippen LogP contribution in [0.4, 0.5) is 0 Å². The van der Waals surface area contributed by atoms with E-state index in [2.05, 4.69) is 26.5 Å². The van der Waals surface area contributed by atoms with Gasteiger partial charge in [-0.05, 0) is 85.5 Å². The Bertz CT molecular complexity index is 700. The van der Waals surface area contributed by atoms with Gasteiger partial charge in [0.05, 0.1) is 5.60 Å². The topological polar surface area (TPSA) is 40.5 Å². The van der Waals surface area contributed by atoms with Crippen LogP contribution in [0.15, 0.2) is 24.8 Å². The van der Waals surface area contributed by atoms with Gasteiger partial charge in [-0.3, -0.25) is 0 Å². The molecular formula is C22H30AcO2. The normalized spacial score (nSPS) is 41.9. The molecule has 2 fully saturated rings. The number of aromatic hydroxyl groups is 1. The van der Waals surface area contributed by atoms with E-state index in [4.69, 9.17) is 0 Å². The second-order valence-corrected chi connectivity index (χ2v) is 8.93. The van der Waals surface area contributed by atoms with Crippen LogP contribution >= 0.6 is 0 Å². The van der Waals surface area contributed by atoms with E-state index < -0.39 is 5.60 Å². The molecule has 3 heteroatoms. The molecule has 133 valence electrons. The number of fused-ring (bicyclic) bond motifs is 5. The molecule has 0 saturated heterocycles. The second kappa shape index (κ2) is 6.65. The predicted octanol–water partition coefficient (Wildman–Crippen LogP) is 4.72. The minimum absolute atomic E-state index is 0. The van der Waals surface area contributed by atoms with Crippen LogP contribution in [0.1, 0.15) is 62.1 Å². The predicted molar refractivity (Wildman–Crippen MR) is 97.2 cm³/mol. The van der Waals surface area contributed by atoms with E-state index in [0.29, 0.717) is 29.4 Å². The molecule has 0 spiro atoms. The maximum absolute atomic E-state index is 11.2. The molecule has 1 radical (unpaired) electrons. The van der Waals surface area contributed by atoms with E-state index in [1.54, 1.807) is 0 Å². The van der Waals surface area contributed by atoms with Crippen molar-refractivity contribution in [1.82, 2.24) is 0 Å². The molecule has 1 aromatic rings. The summed E-state index contributed by atoms with van der Waals surface area (Å²) in [5, 5.41) is 21.3. The molecular weight excluding hydrogens is 523 g/mol. The van der Waals surface area contributed by atoms with Gasteiger partial charge in [0, 0.05) is 49.5 Å². The van der Waals surface area contributed by atoms with Crippen LogP contribution in [0.25, 0.3) is 0 Å². The van der Waals surface area contributed by atoms with Gasteiger partial charge < -0.3 is 10.2 Å². The fourth-order valence-corrected chi connectivity index (χ4v) is 6.51. The Labute approximate surface area is 187 Å². The number of rotatable bonds is 1. The summed E-state index contributed by atoms with van der Waals surface area (Å²) < 4.78 is 0. The monoisotopic (exact) mass is 553 g/mol. The SMILES string of the molecule is C=CC1(O)CCC2C3C(CCC21C)c1cc(C)c(O)cc1C[C@H]3C.[Ac]. The molecule has 3 aliphatic carbocycles. The van der Waals surface area contributed by atoms with Crippen molar-refractivity contribution in [1.29, 1.82) is 0 Å². The van der Waals surface area contributed by atoms with Crippen LogP contribution in [0, 0.1) is 74.2 Å². The molecule has 2 nitrogen and oxygen atoms in total. The first-order valence-electron chi connectivity index (χ1n) is 9.49. The number of aliphatic hydroxyl groups is 1. The van der Waals surface area contributed by atoms with E-state index >= 15 is 0 Å². The smallest absolute Gasteiger partial charge is 0.118 e. The Morgan fingerprint density at radius 2 is 1.96 bits per heavy atom. The van der Waals surface area contributed by atoms with Gasteiger partial charge >= 0.3 is 0 Å². The van der Waals surface area contributed by atoms with E-state index in [-0.39, 0.29) is 49.5 Å². The molecule has 0 amide bonds. The molecule has 0 aromatic heterocycles. The van der Waals surface area contributed by atoms with Gasteiger partial charge in [-0.15, -0.1) is 6.58 Å². The zero-order valence-corrected chi connectivity index (χ0v) is 20.5. The molecule has 25 heavy (non-hydrogen) atoms. The summed E-state index contributed by atoms with van der Waals surface area (Å²) >= 11 is 0. The molecule has 2 saturated carbocycles. The van der Waals surface area contributed by atoms with E-state index in [9.17, 15) is 10.2 Å². The first kappa shape index (κ1) is 19.9. The van der Waals surface area contributed by atoms with Gasteiger partial charge in [-0.25, -0.2) is 0 Å². The molecule has 0 bridgehead atoms. The quantitative estimate of drug-likeness (QED) is 0.495. The molecule has 1 aromatic carbocycles. The van der Waals surface area contributed by atoms with Crippen LogP contribution in [-0.2, 0) is 6.42 Å². The van der Waals surface area contributed by atoms with Crippen molar-refractivity contribution in [3.05, 3.63) is 41.5 Å². The minimum Gasteiger partial charge on any atom is -0.508 e. The zero-order chi connectivity index (χ0) is 17.3. The Morgan fingerprint density at radius 3 is 2.64 bits per heavy atom. The van der Waals surface area contributed by atoms with Crippen LogP contribution in [0.5, 0.6) is 5.75 Å². The van der Waals surface area contributed by atoms with E-state index in [1.807, 2.05) is 19.1 Å². The molecule has 3 aliphatic rings. The molecule has 4 rings (SSSR count). The number of aryl methyl sites for hydroxylation is 1. The van der Waals surface area contributed by atoms with Gasteiger partial charge in [0.2, 0.25) is 0 Å². The average Bonchev–Trinajstić information content (AvgIpc) is 2.82. The van der Waals surface area contributed by atoms with Crippen LogP contribution < -0.4 is 0 Å². The summed E-state index contributed by atoms with van der Waals surface area (Å²) in [6.07, 6.45) is 7.02. The van der Waals surface area contributed by atoms with Gasteiger partial charge in [0.15, 0.2) is 0 Å². The van der Waals surface area contributed by atoms with E-state index in [0.717, 1.165) is 37.7 Å². The Kier molecular flexibility index (Phi) is 5.29. The summed E-state index contributed by atoms with van der Waals surface area (Å²) in [7, 11) is 0. The summed E-state index contributed by atoms with van der Waals surface area (Å²) in [6.45, 7) is 10.6. The fraction of sp³-hybridized carbons (Fsp3) is 0.636. The third-order valence-electron chi connectivity index (χ3n) is 7.94. The molecule has 2 N–H and O–H groups in total. The first-order chi connectivity index (χ1) is 11.3. The summed E-state index contributed by atoms with van der Waals surface area (Å²) in [5.41, 5.74) is 3.06. The standard InChI is InChI=1S/C22H30O2.Ac/c1-5-22(24)9-7-18-20-14(3)10-15-12-19(23)13(2)11-17(15)16(20)6-8-21(18,22)4;/h5,11-12,14,16,18,20,23-24H,1,6-10H2,2-4H3;/t14-,16?,18?,20?,21?,22?;/m1./s1. The summed E-state index contributed by atoms with van der Waals surface area (Å²) in [4.78, 5) is 0. The third-order valence-corrected chi connectivity index (χ3v) is 7.94. The maximum atomic E-state index is 11.2. The average molecular weight is 553 g/mol. The number of hydrogen-bond donors (Lipinski definition) is 2. The van der Waals surface area contributed by atoms with Gasteiger partial charge in [-0.2, -0.15) is 0 Å². The minimum atomic E-state index is -0.701. The van der Waals surface area contributed by atoms with Gasteiger partial charge in [-0.1, -0.05) is 26.0 Å². The molecule has 5 unspecified atom stereocenters. The van der Waals surface area contributed by atoms with Crippen LogP contribution in [0.3, 0.4) is 0 Å². The number of phenols is 1. The van der Waals surface area contributed by atoms with Crippen molar-refractivity contribution in [2.75, 3.05) is 0 Å². The largest absolute Gasteiger partial charge is 0.508 e. The number of benzene rings is 1. The van der Waals surface area contributed by atoms with Crippen molar-refractivity contribution in [3.63, 3.8) is 0 Å². The number of phenolic OH excluding ortho intramolecular Hbond substituents is 1. The third kappa shape index (κ3) is 2.71. The Hall–Kier alpha value is 0.162. The van der Waals surface area contributed by atoms with Gasteiger partial charge in [0.25, 0.3) is 0 Å².